The molecule has 0 aromatic carbocycles. The predicted octanol–water partition coefficient (Wildman–Crippen LogP) is 0.903. The van der Waals surface area contributed by atoms with Crippen LogP contribution in [0.15, 0.2) is 24.7 Å². The number of nitrogens with zero attached hydrogens (tertiary/aromatic N) is 4. The average Bonchev–Trinajstić information content (AvgIpc) is 2.72. The van der Waals surface area contributed by atoms with Gasteiger partial charge in [-0.2, -0.15) is 5.10 Å². The summed E-state index contributed by atoms with van der Waals surface area (Å²) in [4.78, 5) is 6.65. The van der Waals surface area contributed by atoms with Gasteiger partial charge < -0.3 is 10.6 Å². The first-order valence-electron chi connectivity index (χ1n) is 5.92. The number of hydrogen-bond acceptors (Lipinski definition) is 4. The van der Waals surface area contributed by atoms with E-state index in [1.165, 1.54) is 0 Å². The van der Waals surface area contributed by atoms with E-state index < -0.39 is 0 Å². The van der Waals surface area contributed by atoms with Gasteiger partial charge in [0, 0.05) is 25.5 Å². The number of fused-ring (bicyclic) bond motifs is 1. The van der Waals surface area contributed by atoms with Gasteiger partial charge in [0.25, 0.3) is 0 Å². The molecule has 17 heavy (non-hydrogen) atoms. The standard InChI is InChI=1S/C12H17N5/c1-9(2)12(13)7-16(8-12)11-10-3-4-15-17(10)6-5-14-11/h3-6,9H,7-8,13H2,1-2H3. The average molecular weight is 231 g/mol. The summed E-state index contributed by atoms with van der Waals surface area (Å²) in [6.45, 7) is 6.07. The predicted molar refractivity (Wildman–Crippen MR) is 67.0 cm³/mol. The van der Waals surface area contributed by atoms with Crippen LogP contribution in [-0.4, -0.2) is 33.2 Å². The third-order valence-corrected chi connectivity index (χ3v) is 3.72. The summed E-state index contributed by atoms with van der Waals surface area (Å²) in [6.07, 6.45) is 5.43. The molecule has 0 amide bonds. The molecule has 0 unspecified atom stereocenters. The summed E-state index contributed by atoms with van der Waals surface area (Å²) in [5.74, 6) is 1.47. The Hall–Kier alpha value is -1.62. The van der Waals surface area contributed by atoms with Crippen LogP contribution in [0, 0.1) is 5.92 Å². The number of aromatic nitrogens is 3. The third kappa shape index (κ3) is 1.50. The van der Waals surface area contributed by atoms with Gasteiger partial charge in [-0.1, -0.05) is 13.8 Å². The first-order valence-corrected chi connectivity index (χ1v) is 5.92. The highest BCUT2D eigenvalue weighted by atomic mass is 15.3. The maximum absolute atomic E-state index is 6.30. The molecular weight excluding hydrogens is 214 g/mol. The molecule has 0 saturated carbocycles. The highest BCUT2D eigenvalue weighted by Crippen LogP contribution is 2.31. The van der Waals surface area contributed by atoms with Crippen molar-refractivity contribution in [2.75, 3.05) is 18.0 Å². The molecule has 5 heteroatoms. The van der Waals surface area contributed by atoms with Crippen molar-refractivity contribution in [1.82, 2.24) is 14.6 Å². The lowest BCUT2D eigenvalue weighted by molar-refractivity contribution is 0.244. The summed E-state index contributed by atoms with van der Waals surface area (Å²) >= 11 is 0. The van der Waals surface area contributed by atoms with Crippen LogP contribution in [0.2, 0.25) is 0 Å². The van der Waals surface area contributed by atoms with Crippen LogP contribution in [0.3, 0.4) is 0 Å². The molecule has 2 aromatic heterocycles. The lowest BCUT2D eigenvalue weighted by atomic mass is 9.80. The lowest BCUT2D eigenvalue weighted by Crippen LogP contribution is -2.70. The summed E-state index contributed by atoms with van der Waals surface area (Å²) in [5, 5.41) is 4.21. The molecule has 0 aliphatic carbocycles. The Kier molecular flexibility index (Phi) is 2.13. The summed E-state index contributed by atoms with van der Waals surface area (Å²) in [5.41, 5.74) is 7.27. The largest absolute Gasteiger partial charge is 0.351 e. The molecule has 3 rings (SSSR count). The van der Waals surface area contributed by atoms with Gasteiger partial charge in [0.05, 0.1) is 11.7 Å². The molecule has 5 nitrogen and oxygen atoms in total. The van der Waals surface area contributed by atoms with Crippen LogP contribution < -0.4 is 10.6 Å². The molecule has 1 fully saturated rings. The zero-order valence-electron chi connectivity index (χ0n) is 10.2. The van der Waals surface area contributed by atoms with Crippen molar-refractivity contribution in [1.29, 1.82) is 0 Å². The van der Waals surface area contributed by atoms with E-state index in [0.717, 1.165) is 24.4 Å². The zero-order chi connectivity index (χ0) is 12.0. The van der Waals surface area contributed by atoms with Crippen molar-refractivity contribution < 1.29 is 0 Å². The fourth-order valence-electron chi connectivity index (χ4n) is 2.27. The molecule has 1 saturated heterocycles. The zero-order valence-corrected chi connectivity index (χ0v) is 10.2. The van der Waals surface area contributed by atoms with Gasteiger partial charge in [-0.3, -0.25) is 0 Å². The minimum Gasteiger partial charge on any atom is -0.351 e. The molecule has 2 N–H and O–H groups in total. The van der Waals surface area contributed by atoms with Crippen LogP contribution in [0.1, 0.15) is 13.8 Å². The van der Waals surface area contributed by atoms with Crippen LogP contribution in [0.5, 0.6) is 0 Å². The van der Waals surface area contributed by atoms with E-state index in [9.17, 15) is 0 Å². The molecule has 0 atom stereocenters. The highest BCUT2D eigenvalue weighted by Gasteiger charge is 2.43. The Bertz CT molecular complexity index is 539. The van der Waals surface area contributed by atoms with Crippen LogP contribution in [-0.2, 0) is 0 Å². The van der Waals surface area contributed by atoms with Crippen LogP contribution in [0.4, 0.5) is 5.82 Å². The van der Waals surface area contributed by atoms with Crippen LogP contribution in [0.25, 0.3) is 5.52 Å². The SMILES string of the molecule is CC(C)C1(N)CN(c2nccn3nccc23)C1. The van der Waals surface area contributed by atoms with E-state index in [2.05, 4.69) is 28.8 Å². The number of rotatable bonds is 2. The second-order valence-corrected chi connectivity index (χ2v) is 5.16. The fourth-order valence-corrected chi connectivity index (χ4v) is 2.27. The van der Waals surface area contributed by atoms with Gasteiger partial charge >= 0.3 is 0 Å². The summed E-state index contributed by atoms with van der Waals surface area (Å²) in [6, 6.07) is 1.98. The molecule has 0 spiro atoms. The fraction of sp³-hybridized carbons (Fsp3) is 0.500. The van der Waals surface area contributed by atoms with E-state index in [4.69, 9.17) is 5.73 Å². The molecule has 1 aliphatic heterocycles. The molecule has 2 aromatic rings. The second kappa shape index (κ2) is 3.43. The van der Waals surface area contributed by atoms with Gasteiger partial charge in [0.15, 0.2) is 5.82 Å². The quantitative estimate of drug-likeness (QED) is 0.834. The van der Waals surface area contributed by atoms with Crippen molar-refractivity contribution in [3.63, 3.8) is 0 Å². The molecule has 90 valence electrons. The number of hydrogen-bond donors (Lipinski definition) is 1. The Morgan fingerprint density at radius 2 is 2.12 bits per heavy atom. The first-order chi connectivity index (χ1) is 8.10. The number of anilines is 1. The molecule has 0 radical (unpaired) electrons. The minimum absolute atomic E-state index is 0.0749. The van der Waals surface area contributed by atoms with E-state index in [1.54, 1.807) is 12.4 Å². The van der Waals surface area contributed by atoms with E-state index >= 15 is 0 Å². The van der Waals surface area contributed by atoms with E-state index in [0.29, 0.717) is 5.92 Å². The van der Waals surface area contributed by atoms with E-state index in [-0.39, 0.29) is 5.54 Å². The van der Waals surface area contributed by atoms with Crippen molar-refractivity contribution in [2.24, 2.45) is 11.7 Å². The Labute approximate surface area is 100 Å². The van der Waals surface area contributed by atoms with Crippen molar-refractivity contribution in [3.8, 4) is 0 Å². The van der Waals surface area contributed by atoms with Crippen molar-refractivity contribution in [2.45, 2.75) is 19.4 Å². The first kappa shape index (κ1) is 10.5. The third-order valence-electron chi connectivity index (χ3n) is 3.72. The highest BCUT2D eigenvalue weighted by molar-refractivity contribution is 5.69. The Morgan fingerprint density at radius 3 is 2.82 bits per heavy atom. The summed E-state index contributed by atoms with van der Waals surface area (Å²) < 4.78 is 1.84. The number of nitrogens with two attached hydrogens (primary N) is 1. The maximum Gasteiger partial charge on any atom is 0.154 e. The summed E-state index contributed by atoms with van der Waals surface area (Å²) in [7, 11) is 0. The van der Waals surface area contributed by atoms with Gasteiger partial charge in [-0.15, -0.1) is 0 Å². The van der Waals surface area contributed by atoms with Crippen molar-refractivity contribution in [3.05, 3.63) is 24.7 Å². The molecular formula is C12H17N5. The molecule has 0 bridgehead atoms. The minimum atomic E-state index is -0.0749. The normalized spacial score (nSPS) is 18.7. The second-order valence-electron chi connectivity index (χ2n) is 5.16. The Morgan fingerprint density at radius 1 is 1.35 bits per heavy atom. The molecule has 1 aliphatic rings. The lowest BCUT2D eigenvalue weighted by Gasteiger charge is -2.51. The van der Waals surface area contributed by atoms with Crippen molar-refractivity contribution >= 4 is 11.3 Å². The Balaban J connectivity index is 1.90. The maximum atomic E-state index is 6.30. The van der Waals surface area contributed by atoms with Crippen LogP contribution >= 0.6 is 0 Å². The smallest absolute Gasteiger partial charge is 0.154 e. The topological polar surface area (TPSA) is 59.5 Å². The van der Waals surface area contributed by atoms with Gasteiger partial charge in [-0.05, 0) is 12.0 Å². The van der Waals surface area contributed by atoms with Gasteiger partial charge in [0.1, 0.15) is 5.52 Å². The van der Waals surface area contributed by atoms with E-state index in [1.807, 2.05) is 16.8 Å². The monoisotopic (exact) mass is 231 g/mol. The van der Waals surface area contributed by atoms with Gasteiger partial charge in [0.2, 0.25) is 0 Å². The van der Waals surface area contributed by atoms with Gasteiger partial charge in [-0.25, -0.2) is 9.50 Å². The molecule has 3 heterocycles.